The minimum Gasteiger partial charge on any atom is -0.345 e. The molecule has 1 aromatic carbocycles. The van der Waals surface area contributed by atoms with Crippen LogP contribution in [0.4, 0.5) is 0 Å². The van der Waals surface area contributed by atoms with Crippen molar-refractivity contribution in [3.05, 3.63) is 41.1 Å². The summed E-state index contributed by atoms with van der Waals surface area (Å²) in [5.74, 6) is 0. The molecule has 0 saturated heterocycles. The Morgan fingerprint density at radius 1 is 1.21 bits per heavy atom. The van der Waals surface area contributed by atoms with E-state index in [1.54, 1.807) is 18.6 Å². The first-order valence-electron chi connectivity index (χ1n) is 4.29. The average molecular weight is 185 g/mol. The zero-order valence-corrected chi connectivity index (χ0v) is 7.24. The summed E-state index contributed by atoms with van der Waals surface area (Å²) in [5.41, 5.74) is 1.68. The third kappa shape index (κ3) is 0.877. The Kier molecular flexibility index (Phi) is 1.28. The van der Waals surface area contributed by atoms with Crippen LogP contribution in [-0.4, -0.2) is 15.0 Å². The van der Waals surface area contributed by atoms with Crippen molar-refractivity contribution in [1.29, 1.82) is 0 Å². The molecule has 3 aromatic rings. The highest BCUT2D eigenvalue weighted by molar-refractivity contribution is 5.94. The van der Waals surface area contributed by atoms with E-state index < -0.39 is 0 Å². The number of hydrogen-bond donors (Lipinski definition) is 2. The first-order chi connectivity index (χ1) is 6.84. The van der Waals surface area contributed by atoms with Gasteiger partial charge in [-0.05, 0) is 23.6 Å². The van der Waals surface area contributed by atoms with Gasteiger partial charge in [-0.1, -0.05) is 0 Å². The fourth-order valence-electron chi connectivity index (χ4n) is 1.62. The summed E-state index contributed by atoms with van der Waals surface area (Å²) in [6, 6.07) is 5.59. The van der Waals surface area contributed by atoms with Gasteiger partial charge in [-0.25, -0.2) is 4.98 Å². The second-order valence-electron chi connectivity index (χ2n) is 3.17. The SMILES string of the molecule is O=c1[nH]ccc2cc3[nH]cnc3cc12. The number of nitrogens with zero attached hydrogens (tertiary/aromatic N) is 1. The first kappa shape index (κ1) is 7.32. The molecule has 3 rings (SSSR count). The van der Waals surface area contributed by atoms with E-state index in [-0.39, 0.29) is 5.56 Å². The van der Waals surface area contributed by atoms with Crippen LogP contribution in [0.1, 0.15) is 0 Å². The lowest BCUT2D eigenvalue weighted by Gasteiger charge is -1.95. The second-order valence-corrected chi connectivity index (χ2v) is 3.17. The number of aromatic amines is 2. The number of benzene rings is 1. The van der Waals surface area contributed by atoms with E-state index in [2.05, 4.69) is 15.0 Å². The molecule has 2 N–H and O–H groups in total. The summed E-state index contributed by atoms with van der Waals surface area (Å²) in [4.78, 5) is 21.2. The van der Waals surface area contributed by atoms with Crippen LogP contribution in [0, 0.1) is 0 Å². The highest BCUT2D eigenvalue weighted by atomic mass is 16.1. The Hall–Kier alpha value is -2.10. The van der Waals surface area contributed by atoms with Gasteiger partial charge in [-0.2, -0.15) is 0 Å². The zero-order chi connectivity index (χ0) is 9.54. The molecular formula is C10H7N3O. The second kappa shape index (κ2) is 2.45. The number of rotatable bonds is 0. The molecule has 0 unspecified atom stereocenters. The van der Waals surface area contributed by atoms with Crippen molar-refractivity contribution in [3.8, 4) is 0 Å². The maximum Gasteiger partial charge on any atom is 0.255 e. The molecule has 0 atom stereocenters. The molecule has 2 aromatic heterocycles. The monoisotopic (exact) mass is 185 g/mol. The Bertz CT molecular complexity index is 665. The van der Waals surface area contributed by atoms with Crippen LogP contribution in [0.15, 0.2) is 35.5 Å². The van der Waals surface area contributed by atoms with Crippen LogP contribution in [0.3, 0.4) is 0 Å². The number of imidazole rings is 1. The number of nitrogens with one attached hydrogen (secondary N) is 2. The van der Waals surface area contributed by atoms with Crippen LogP contribution in [0.5, 0.6) is 0 Å². The van der Waals surface area contributed by atoms with Crippen LogP contribution in [-0.2, 0) is 0 Å². The Balaban J connectivity index is 2.63. The molecule has 0 saturated carbocycles. The summed E-state index contributed by atoms with van der Waals surface area (Å²) >= 11 is 0. The molecule has 0 fully saturated rings. The average Bonchev–Trinajstić information content (AvgIpc) is 2.62. The number of H-pyrrole nitrogens is 2. The highest BCUT2D eigenvalue weighted by Crippen LogP contribution is 2.16. The molecule has 14 heavy (non-hydrogen) atoms. The lowest BCUT2D eigenvalue weighted by atomic mass is 10.1. The van der Waals surface area contributed by atoms with Gasteiger partial charge >= 0.3 is 0 Å². The first-order valence-corrected chi connectivity index (χ1v) is 4.29. The maximum absolute atomic E-state index is 11.5. The van der Waals surface area contributed by atoms with Gasteiger partial charge in [0, 0.05) is 11.6 Å². The van der Waals surface area contributed by atoms with Gasteiger partial charge in [0.15, 0.2) is 0 Å². The third-order valence-electron chi connectivity index (χ3n) is 2.31. The summed E-state index contributed by atoms with van der Waals surface area (Å²) in [6.45, 7) is 0. The van der Waals surface area contributed by atoms with Gasteiger partial charge in [0.1, 0.15) is 0 Å². The summed E-state index contributed by atoms with van der Waals surface area (Å²) in [7, 11) is 0. The normalized spacial score (nSPS) is 11.1. The zero-order valence-electron chi connectivity index (χ0n) is 7.24. The predicted octanol–water partition coefficient (Wildman–Crippen LogP) is 1.40. The van der Waals surface area contributed by atoms with E-state index in [0.717, 1.165) is 16.4 Å². The lowest BCUT2D eigenvalue weighted by molar-refractivity contribution is 1.28. The number of aromatic nitrogens is 3. The molecule has 0 aliphatic heterocycles. The fourth-order valence-corrected chi connectivity index (χ4v) is 1.62. The Labute approximate surface area is 78.6 Å². The van der Waals surface area contributed by atoms with E-state index in [1.165, 1.54) is 0 Å². The van der Waals surface area contributed by atoms with Crippen molar-refractivity contribution in [3.63, 3.8) is 0 Å². The molecule has 4 nitrogen and oxygen atoms in total. The standard InChI is InChI=1S/C10H7N3O/c14-10-7-4-9-8(12-5-13-9)3-6(7)1-2-11-10/h1-5H,(H,11,14)(H,12,13). The van der Waals surface area contributed by atoms with Crippen molar-refractivity contribution in [2.24, 2.45) is 0 Å². The van der Waals surface area contributed by atoms with Crippen LogP contribution in [0.25, 0.3) is 21.8 Å². The quantitative estimate of drug-likeness (QED) is 0.556. The largest absolute Gasteiger partial charge is 0.345 e. The van der Waals surface area contributed by atoms with Crippen LogP contribution in [0.2, 0.25) is 0 Å². The van der Waals surface area contributed by atoms with E-state index >= 15 is 0 Å². The Morgan fingerprint density at radius 3 is 3.07 bits per heavy atom. The van der Waals surface area contributed by atoms with E-state index in [4.69, 9.17) is 0 Å². The molecule has 4 heteroatoms. The molecule has 0 amide bonds. The molecule has 0 aliphatic carbocycles. The summed E-state index contributed by atoms with van der Waals surface area (Å²) < 4.78 is 0. The maximum atomic E-state index is 11.5. The molecular weight excluding hydrogens is 178 g/mol. The smallest absolute Gasteiger partial charge is 0.255 e. The molecule has 0 radical (unpaired) electrons. The van der Waals surface area contributed by atoms with Crippen molar-refractivity contribution in [2.45, 2.75) is 0 Å². The summed E-state index contributed by atoms with van der Waals surface area (Å²) in [6.07, 6.45) is 3.27. The summed E-state index contributed by atoms with van der Waals surface area (Å²) in [5, 5.41) is 1.60. The van der Waals surface area contributed by atoms with Crippen LogP contribution >= 0.6 is 0 Å². The Morgan fingerprint density at radius 2 is 2.14 bits per heavy atom. The van der Waals surface area contributed by atoms with Crippen molar-refractivity contribution < 1.29 is 0 Å². The lowest BCUT2D eigenvalue weighted by Crippen LogP contribution is -2.03. The molecule has 0 spiro atoms. The van der Waals surface area contributed by atoms with Crippen LogP contribution < -0.4 is 5.56 Å². The van der Waals surface area contributed by atoms with E-state index in [9.17, 15) is 4.79 Å². The highest BCUT2D eigenvalue weighted by Gasteiger charge is 2.01. The fraction of sp³-hybridized carbons (Fsp3) is 0. The molecule has 0 aliphatic rings. The molecule has 2 heterocycles. The van der Waals surface area contributed by atoms with Gasteiger partial charge in [0.25, 0.3) is 5.56 Å². The van der Waals surface area contributed by atoms with Crippen molar-refractivity contribution >= 4 is 21.8 Å². The third-order valence-corrected chi connectivity index (χ3v) is 2.31. The van der Waals surface area contributed by atoms with Crippen molar-refractivity contribution in [2.75, 3.05) is 0 Å². The number of pyridine rings is 1. The van der Waals surface area contributed by atoms with Gasteiger partial charge in [0.05, 0.1) is 17.4 Å². The van der Waals surface area contributed by atoms with E-state index in [1.807, 2.05) is 12.1 Å². The van der Waals surface area contributed by atoms with Gasteiger partial charge in [-0.15, -0.1) is 0 Å². The van der Waals surface area contributed by atoms with Gasteiger partial charge < -0.3 is 9.97 Å². The number of fused-ring (bicyclic) bond motifs is 2. The predicted molar refractivity (Wildman–Crippen MR) is 54.2 cm³/mol. The minimum absolute atomic E-state index is 0.0765. The number of hydrogen-bond acceptors (Lipinski definition) is 2. The van der Waals surface area contributed by atoms with E-state index in [0.29, 0.717) is 5.39 Å². The topological polar surface area (TPSA) is 61.5 Å². The van der Waals surface area contributed by atoms with Gasteiger partial charge in [0.2, 0.25) is 0 Å². The molecule has 68 valence electrons. The minimum atomic E-state index is -0.0765. The van der Waals surface area contributed by atoms with Crippen molar-refractivity contribution in [1.82, 2.24) is 15.0 Å². The molecule has 0 bridgehead atoms. The van der Waals surface area contributed by atoms with Gasteiger partial charge in [-0.3, -0.25) is 4.79 Å².